The molecule has 0 aliphatic carbocycles. The zero-order chi connectivity index (χ0) is 22.1. The summed E-state index contributed by atoms with van der Waals surface area (Å²) in [6.45, 7) is 7.65. The Balaban J connectivity index is 1.95. The number of anilines is 2. The minimum absolute atomic E-state index is 0.126. The van der Waals surface area contributed by atoms with Gasteiger partial charge in [0, 0.05) is 18.7 Å². The SMILES string of the molecule is C=CCN1C(=O)C(C)(C)COc2ccc(NS(=O)(=O)c3ccc([N+](=O)[O-])cc3)cc21. The number of nitro groups is 1. The molecule has 0 aromatic heterocycles. The van der Waals surface area contributed by atoms with Crippen molar-refractivity contribution in [1.82, 2.24) is 0 Å². The molecule has 1 aliphatic heterocycles. The number of ether oxygens (including phenoxy) is 1. The molecular formula is C20H21N3O6S. The summed E-state index contributed by atoms with van der Waals surface area (Å²) >= 11 is 0. The maximum Gasteiger partial charge on any atom is 0.269 e. The van der Waals surface area contributed by atoms with Crippen molar-refractivity contribution in [2.24, 2.45) is 5.41 Å². The second-order valence-electron chi connectivity index (χ2n) is 7.42. The molecule has 30 heavy (non-hydrogen) atoms. The number of fused-ring (bicyclic) bond motifs is 1. The lowest BCUT2D eigenvalue weighted by Gasteiger charge is -2.27. The number of carbonyl (C=O) groups excluding carboxylic acids is 1. The van der Waals surface area contributed by atoms with Crippen LogP contribution in [0.2, 0.25) is 0 Å². The second kappa shape index (κ2) is 7.79. The van der Waals surface area contributed by atoms with Gasteiger partial charge in [0.1, 0.15) is 12.4 Å². The number of sulfonamides is 1. The van der Waals surface area contributed by atoms with Crippen LogP contribution in [0.3, 0.4) is 0 Å². The quantitative estimate of drug-likeness (QED) is 0.426. The topological polar surface area (TPSA) is 119 Å². The molecule has 0 atom stereocenters. The van der Waals surface area contributed by atoms with Crippen molar-refractivity contribution < 1.29 is 22.9 Å². The molecule has 1 aliphatic rings. The van der Waals surface area contributed by atoms with Crippen molar-refractivity contribution in [2.45, 2.75) is 18.7 Å². The van der Waals surface area contributed by atoms with Gasteiger partial charge >= 0.3 is 0 Å². The van der Waals surface area contributed by atoms with Crippen LogP contribution in [0.1, 0.15) is 13.8 Å². The van der Waals surface area contributed by atoms with Crippen LogP contribution < -0.4 is 14.4 Å². The molecule has 0 saturated heterocycles. The Morgan fingerprint density at radius 1 is 1.27 bits per heavy atom. The van der Waals surface area contributed by atoms with Crippen LogP contribution in [0.25, 0.3) is 0 Å². The second-order valence-corrected chi connectivity index (χ2v) is 9.10. The molecule has 3 rings (SSSR count). The van der Waals surface area contributed by atoms with Crippen LogP contribution >= 0.6 is 0 Å². The van der Waals surface area contributed by atoms with Crippen LogP contribution in [-0.4, -0.2) is 32.4 Å². The molecule has 0 saturated carbocycles. The van der Waals surface area contributed by atoms with Crippen LogP contribution in [0.5, 0.6) is 5.75 Å². The normalized spacial score (nSPS) is 15.5. The smallest absolute Gasteiger partial charge is 0.269 e. The molecule has 10 heteroatoms. The Morgan fingerprint density at radius 3 is 2.53 bits per heavy atom. The fourth-order valence-electron chi connectivity index (χ4n) is 2.98. The summed E-state index contributed by atoms with van der Waals surface area (Å²) in [5, 5.41) is 10.8. The third-order valence-corrected chi connectivity index (χ3v) is 5.98. The summed E-state index contributed by atoms with van der Waals surface area (Å²) in [5.74, 6) is 0.283. The lowest BCUT2D eigenvalue weighted by atomic mass is 9.93. The van der Waals surface area contributed by atoms with E-state index in [1.165, 1.54) is 17.0 Å². The Labute approximate surface area is 174 Å². The summed E-state index contributed by atoms with van der Waals surface area (Å²) in [7, 11) is -3.99. The third-order valence-electron chi connectivity index (χ3n) is 4.58. The van der Waals surface area contributed by atoms with E-state index in [4.69, 9.17) is 4.74 Å². The van der Waals surface area contributed by atoms with Gasteiger partial charge in [-0.15, -0.1) is 6.58 Å². The summed E-state index contributed by atoms with van der Waals surface area (Å²) in [5.41, 5.74) is -0.329. The van der Waals surface area contributed by atoms with Gasteiger partial charge in [0.15, 0.2) is 0 Å². The van der Waals surface area contributed by atoms with E-state index in [1.54, 1.807) is 26.0 Å². The average molecular weight is 431 g/mol. The van der Waals surface area contributed by atoms with Crippen molar-refractivity contribution in [3.05, 3.63) is 65.2 Å². The highest BCUT2D eigenvalue weighted by molar-refractivity contribution is 7.92. The first kappa shape index (κ1) is 21.3. The van der Waals surface area contributed by atoms with E-state index in [0.29, 0.717) is 11.4 Å². The summed E-state index contributed by atoms with van der Waals surface area (Å²) in [4.78, 5) is 24.5. The molecule has 1 amide bonds. The Hall–Kier alpha value is -3.40. The van der Waals surface area contributed by atoms with E-state index in [0.717, 1.165) is 24.3 Å². The number of hydrogen-bond donors (Lipinski definition) is 1. The van der Waals surface area contributed by atoms with E-state index < -0.39 is 20.4 Å². The largest absolute Gasteiger partial charge is 0.490 e. The first-order chi connectivity index (χ1) is 14.0. The van der Waals surface area contributed by atoms with Crippen molar-refractivity contribution in [3.63, 3.8) is 0 Å². The standard InChI is InChI=1S/C20H21N3O6S/c1-4-11-22-17-12-14(5-10-18(17)29-13-20(2,3)19(22)24)21-30(27,28)16-8-6-15(7-9-16)23(25)26/h4-10,12,21H,1,11,13H2,2-3H3. The van der Waals surface area contributed by atoms with Crippen LogP contribution in [0.15, 0.2) is 60.0 Å². The van der Waals surface area contributed by atoms with Crippen molar-refractivity contribution in [1.29, 1.82) is 0 Å². The van der Waals surface area contributed by atoms with E-state index >= 15 is 0 Å². The van der Waals surface area contributed by atoms with Crippen LogP contribution in [-0.2, 0) is 14.8 Å². The van der Waals surface area contributed by atoms with Crippen molar-refractivity contribution in [2.75, 3.05) is 22.8 Å². The number of nitrogens with zero attached hydrogens (tertiary/aromatic N) is 2. The molecule has 1 heterocycles. The molecule has 0 bridgehead atoms. The molecule has 0 radical (unpaired) electrons. The van der Waals surface area contributed by atoms with Gasteiger partial charge in [-0.05, 0) is 44.2 Å². The highest BCUT2D eigenvalue weighted by atomic mass is 32.2. The molecule has 9 nitrogen and oxygen atoms in total. The van der Waals surface area contributed by atoms with Gasteiger partial charge in [0.25, 0.3) is 15.7 Å². The summed E-state index contributed by atoms with van der Waals surface area (Å²) in [6, 6.07) is 9.18. The van der Waals surface area contributed by atoms with Gasteiger partial charge in [0.05, 0.1) is 26.6 Å². The molecule has 0 fully saturated rings. The lowest BCUT2D eigenvalue weighted by Crippen LogP contribution is -2.42. The maximum atomic E-state index is 12.9. The van der Waals surface area contributed by atoms with Crippen molar-refractivity contribution in [3.8, 4) is 5.75 Å². The summed E-state index contributed by atoms with van der Waals surface area (Å²) in [6.07, 6.45) is 1.58. The molecule has 2 aromatic rings. The van der Waals surface area contributed by atoms with Gasteiger partial charge in [-0.25, -0.2) is 8.42 Å². The minimum Gasteiger partial charge on any atom is -0.490 e. The van der Waals surface area contributed by atoms with E-state index in [1.807, 2.05) is 0 Å². The first-order valence-corrected chi connectivity index (χ1v) is 10.5. The number of non-ortho nitro benzene ring substituents is 1. The van der Waals surface area contributed by atoms with E-state index in [9.17, 15) is 23.3 Å². The molecule has 158 valence electrons. The first-order valence-electron chi connectivity index (χ1n) is 9.02. The zero-order valence-electron chi connectivity index (χ0n) is 16.5. The molecule has 0 spiro atoms. The molecule has 0 unspecified atom stereocenters. The number of amides is 1. The summed E-state index contributed by atoms with van der Waals surface area (Å²) < 4.78 is 33.6. The number of rotatable bonds is 6. The van der Waals surface area contributed by atoms with Gasteiger partial charge in [-0.1, -0.05) is 6.08 Å². The molecule has 1 N–H and O–H groups in total. The fraction of sp³-hybridized carbons (Fsp3) is 0.250. The highest BCUT2D eigenvalue weighted by Gasteiger charge is 2.37. The molecular weight excluding hydrogens is 410 g/mol. The third kappa shape index (κ3) is 4.13. The van der Waals surface area contributed by atoms with Crippen LogP contribution in [0, 0.1) is 15.5 Å². The van der Waals surface area contributed by atoms with Gasteiger partial charge in [-0.3, -0.25) is 19.6 Å². The zero-order valence-corrected chi connectivity index (χ0v) is 17.3. The molecule has 2 aromatic carbocycles. The predicted octanol–water partition coefficient (Wildman–Crippen LogP) is 3.33. The lowest BCUT2D eigenvalue weighted by molar-refractivity contribution is -0.384. The number of carbonyl (C=O) groups is 1. The Kier molecular flexibility index (Phi) is 5.53. The number of hydrogen-bond acceptors (Lipinski definition) is 6. The average Bonchev–Trinajstić information content (AvgIpc) is 2.78. The van der Waals surface area contributed by atoms with Crippen LogP contribution in [0.4, 0.5) is 17.1 Å². The number of benzene rings is 2. The highest BCUT2D eigenvalue weighted by Crippen LogP contribution is 2.38. The Bertz CT molecular complexity index is 1110. The minimum atomic E-state index is -3.99. The Morgan fingerprint density at radius 2 is 1.93 bits per heavy atom. The predicted molar refractivity (Wildman–Crippen MR) is 112 cm³/mol. The fourth-order valence-corrected chi connectivity index (χ4v) is 4.03. The van der Waals surface area contributed by atoms with Gasteiger partial charge in [-0.2, -0.15) is 0 Å². The van der Waals surface area contributed by atoms with E-state index in [2.05, 4.69) is 11.3 Å². The van der Waals surface area contributed by atoms with Crippen molar-refractivity contribution >= 4 is 33.0 Å². The number of nitrogens with one attached hydrogen (secondary N) is 1. The van der Waals surface area contributed by atoms with Gasteiger partial charge < -0.3 is 9.64 Å². The van der Waals surface area contributed by atoms with Gasteiger partial charge in [0.2, 0.25) is 5.91 Å². The number of nitro benzene ring substituents is 1. The van der Waals surface area contributed by atoms with E-state index in [-0.39, 0.29) is 35.3 Å². The monoisotopic (exact) mass is 431 g/mol. The maximum absolute atomic E-state index is 12.9.